The highest BCUT2D eigenvalue weighted by Crippen LogP contribution is 2.25. The van der Waals surface area contributed by atoms with Crippen molar-refractivity contribution in [1.29, 1.82) is 0 Å². The van der Waals surface area contributed by atoms with Gasteiger partial charge in [0.05, 0.1) is 6.10 Å². The van der Waals surface area contributed by atoms with E-state index >= 15 is 0 Å². The number of hydrogen-bond acceptors (Lipinski definition) is 6. The average Bonchev–Trinajstić information content (AvgIpc) is 2.52. The standard InChI is InChI=1S/C18H20O6/c1-11-5-2-9-14(20)17(22)15(21)10-4-7-12-6-3-8-13(19)16(12)18(23)24-11/h3,6,8,11,19H,2,4-5,7,9-10H2,1H3/t11-/m0/s1. The van der Waals surface area contributed by atoms with Gasteiger partial charge in [-0.3, -0.25) is 14.4 Å². The summed E-state index contributed by atoms with van der Waals surface area (Å²) in [6.07, 6.45) is 0.796. The summed E-state index contributed by atoms with van der Waals surface area (Å²) in [6, 6.07) is 4.68. The first-order valence-electron chi connectivity index (χ1n) is 8.02. The predicted octanol–water partition coefficient (Wildman–Crippen LogP) is 2.15. The minimum atomic E-state index is -0.951. The highest BCUT2D eigenvalue weighted by Gasteiger charge is 2.24. The Morgan fingerprint density at radius 3 is 2.38 bits per heavy atom. The zero-order valence-electron chi connectivity index (χ0n) is 13.5. The Balaban J connectivity index is 2.27. The molecule has 1 atom stereocenters. The van der Waals surface area contributed by atoms with E-state index in [1.54, 1.807) is 19.1 Å². The molecule has 1 aromatic carbocycles. The number of rotatable bonds is 0. The molecule has 0 saturated carbocycles. The number of benzene rings is 1. The maximum Gasteiger partial charge on any atom is 0.342 e. The van der Waals surface area contributed by atoms with E-state index in [9.17, 15) is 24.3 Å². The van der Waals surface area contributed by atoms with Crippen molar-refractivity contribution in [3.05, 3.63) is 29.3 Å². The zero-order valence-corrected chi connectivity index (χ0v) is 13.5. The van der Waals surface area contributed by atoms with Gasteiger partial charge in [-0.1, -0.05) is 12.1 Å². The zero-order chi connectivity index (χ0) is 17.7. The van der Waals surface area contributed by atoms with Crippen LogP contribution in [0.25, 0.3) is 0 Å². The van der Waals surface area contributed by atoms with Crippen LogP contribution < -0.4 is 0 Å². The molecule has 1 aliphatic heterocycles. The van der Waals surface area contributed by atoms with Crippen LogP contribution in [0.3, 0.4) is 0 Å². The smallest absolute Gasteiger partial charge is 0.342 e. The van der Waals surface area contributed by atoms with Crippen molar-refractivity contribution in [3.63, 3.8) is 0 Å². The van der Waals surface area contributed by atoms with Crippen LogP contribution in [0, 0.1) is 0 Å². The Kier molecular flexibility index (Phi) is 5.84. The molecule has 128 valence electrons. The normalized spacial score (nSPS) is 21.0. The fourth-order valence-electron chi connectivity index (χ4n) is 2.70. The molecule has 0 amide bonds. The molecule has 1 N–H and O–H groups in total. The fraction of sp³-hybridized carbons (Fsp3) is 0.444. The minimum absolute atomic E-state index is 0.0334. The second kappa shape index (κ2) is 7.86. The Labute approximate surface area is 139 Å². The number of carbonyl (C=O) groups excluding carboxylic acids is 4. The first kappa shape index (κ1) is 17.8. The fourth-order valence-corrected chi connectivity index (χ4v) is 2.70. The SMILES string of the molecule is C[C@H]1CCCC(=O)C(=O)C(=O)CCCc2cccc(O)c2C(=O)O1. The molecule has 0 spiro atoms. The lowest BCUT2D eigenvalue weighted by Crippen LogP contribution is -2.25. The van der Waals surface area contributed by atoms with Crippen LogP contribution in [0.2, 0.25) is 0 Å². The van der Waals surface area contributed by atoms with Gasteiger partial charge >= 0.3 is 5.97 Å². The molecule has 0 bridgehead atoms. The molecule has 6 heteroatoms. The van der Waals surface area contributed by atoms with E-state index in [1.165, 1.54) is 6.07 Å². The van der Waals surface area contributed by atoms with Gasteiger partial charge in [-0.05, 0) is 44.2 Å². The molecular weight excluding hydrogens is 312 g/mol. The number of phenols is 1. The van der Waals surface area contributed by atoms with Gasteiger partial charge in [0.1, 0.15) is 11.3 Å². The monoisotopic (exact) mass is 332 g/mol. The van der Waals surface area contributed by atoms with Gasteiger partial charge in [-0.25, -0.2) is 4.79 Å². The molecule has 0 aliphatic carbocycles. The van der Waals surface area contributed by atoms with E-state index < -0.39 is 29.4 Å². The lowest BCUT2D eigenvalue weighted by Gasteiger charge is -2.16. The van der Waals surface area contributed by atoms with Crippen LogP contribution in [-0.4, -0.2) is 34.5 Å². The number of phenolic OH excluding ortho intramolecular Hbond substituents is 1. The third-order valence-corrected chi connectivity index (χ3v) is 4.01. The minimum Gasteiger partial charge on any atom is -0.507 e. The topological polar surface area (TPSA) is 97.7 Å². The predicted molar refractivity (Wildman–Crippen MR) is 84.8 cm³/mol. The molecule has 2 rings (SSSR count). The van der Waals surface area contributed by atoms with Gasteiger partial charge < -0.3 is 9.84 Å². The maximum atomic E-state index is 12.3. The summed E-state index contributed by atoms with van der Waals surface area (Å²) in [5.41, 5.74) is 0.645. The first-order chi connectivity index (χ1) is 11.4. The number of aryl methyl sites for hydroxylation is 1. The summed E-state index contributed by atoms with van der Waals surface area (Å²) in [5, 5.41) is 9.98. The Morgan fingerprint density at radius 1 is 1.00 bits per heavy atom. The summed E-state index contributed by atoms with van der Waals surface area (Å²) in [7, 11) is 0. The van der Waals surface area contributed by atoms with Crippen LogP contribution in [0.1, 0.15) is 54.9 Å². The van der Waals surface area contributed by atoms with Gasteiger partial charge in [0.25, 0.3) is 5.78 Å². The van der Waals surface area contributed by atoms with Crippen LogP contribution in [-0.2, 0) is 25.5 Å². The number of aromatic hydroxyl groups is 1. The van der Waals surface area contributed by atoms with E-state index in [0.717, 1.165) is 0 Å². The summed E-state index contributed by atoms with van der Waals surface area (Å²) in [5.74, 6) is -3.13. The Bertz CT molecular complexity index is 676. The molecule has 0 aromatic heterocycles. The van der Waals surface area contributed by atoms with E-state index in [2.05, 4.69) is 0 Å². The van der Waals surface area contributed by atoms with E-state index in [-0.39, 0.29) is 24.2 Å². The van der Waals surface area contributed by atoms with Crippen LogP contribution in [0.5, 0.6) is 5.75 Å². The highest BCUT2D eigenvalue weighted by molar-refractivity contribution is 6.63. The molecule has 6 nitrogen and oxygen atoms in total. The van der Waals surface area contributed by atoms with Gasteiger partial charge in [0.2, 0.25) is 11.6 Å². The van der Waals surface area contributed by atoms with E-state index in [1.807, 2.05) is 0 Å². The average molecular weight is 332 g/mol. The van der Waals surface area contributed by atoms with Crippen molar-refractivity contribution in [2.75, 3.05) is 0 Å². The summed E-state index contributed by atoms with van der Waals surface area (Å²) < 4.78 is 5.32. The van der Waals surface area contributed by atoms with E-state index in [4.69, 9.17) is 4.74 Å². The van der Waals surface area contributed by atoms with Crippen LogP contribution >= 0.6 is 0 Å². The Hall–Kier alpha value is -2.50. The van der Waals surface area contributed by atoms with Crippen molar-refractivity contribution >= 4 is 23.3 Å². The van der Waals surface area contributed by atoms with Gasteiger partial charge in [0.15, 0.2) is 0 Å². The van der Waals surface area contributed by atoms with Gasteiger partial charge in [-0.15, -0.1) is 0 Å². The number of hydrogen-bond donors (Lipinski definition) is 1. The third kappa shape index (κ3) is 4.28. The van der Waals surface area contributed by atoms with Gasteiger partial charge in [0, 0.05) is 12.8 Å². The number of Topliss-reactive ketones (excluding diaryl/α,β-unsaturated/α-hetero) is 3. The lowest BCUT2D eigenvalue weighted by atomic mass is 9.97. The van der Waals surface area contributed by atoms with Gasteiger partial charge in [-0.2, -0.15) is 0 Å². The number of esters is 1. The highest BCUT2D eigenvalue weighted by atomic mass is 16.5. The largest absolute Gasteiger partial charge is 0.507 e. The number of cyclic esters (lactones) is 1. The molecule has 1 aromatic rings. The number of fused-ring (bicyclic) bond motifs is 1. The van der Waals surface area contributed by atoms with Crippen molar-refractivity contribution < 1.29 is 29.0 Å². The maximum absolute atomic E-state index is 12.3. The van der Waals surface area contributed by atoms with Crippen molar-refractivity contribution in [2.24, 2.45) is 0 Å². The second-order valence-electron chi connectivity index (χ2n) is 5.95. The van der Waals surface area contributed by atoms with Crippen LogP contribution in [0.4, 0.5) is 0 Å². The summed E-state index contributed by atoms with van der Waals surface area (Å²) in [6.45, 7) is 1.68. The number of ketones is 3. The number of carbonyl (C=O) groups is 4. The lowest BCUT2D eigenvalue weighted by molar-refractivity contribution is -0.144. The molecule has 0 fully saturated rings. The molecule has 0 unspecified atom stereocenters. The summed E-state index contributed by atoms with van der Waals surface area (Å²) >= 11 is 0. The summed E-state index contributed by atoms with van der Waals surface area (Å²) in [4.78, 5) is 47.5. The molecule has 0 saturated heterocycles. The molecule has 24 heavy (non-hydrogen) atoms. The van der Waals surface area contributed by atoms with Crippen molar-refractivity contribution in [2.45, 2.75) is 51.6 Å². The first-order valence-corrected chi connectivity index (χ1v) is 8.02. The second-order valence-corrected chi connectivity index (χ2v) is 5.95. The Morgan fingerprint density at radius 2 is 1.67 bits per heavy atom. The quantitative estimate of drug-likeness (QED) is 0.577. The molecular formula is C18H20O6. The molecule has 0 radical (unpaired) electrons. The van der Waals surface area contributed by atoms with E-state index in [0.29, 0.717) is 31.2 Å². The third-order valence-electron chi connectivity index (χ3n) is 4.01. The molecule has 1 aliphatic rings. The van der Waals surface area contributed by atoms with Crippen molar-refractivity contribution in [1.82, 2.24) is 0 Å². The van der Waals surface area contributed by atoms with Crippen LogP contribution in [0.15, 0.2) is 18.2 Å². The van der Waals surface area contributed by atoms with Crippen molar-refractivity contribution in [3.8, 4) is 5.75 Å². The molecule has 1 heterocycles. The number of ether oxygens (including phenoxy) is 1.